The van der Waals surface area contributed by atoms with E-state index in [9.17, 15) is 29.7 Å². The number of carbonyl (C=O) groups excluding carboxylic acids is 3. The Morgan fingerprint density at radius 1 is 0.635 bits per heavy atom. The molecule has 0 radical (unpaired) electrons. The molecular formula is C46H74O17. The molecule has 0 spiro atoms. The van der Waals surface area contributed by atoms with Gasteiger partial charge >= 0.3 is 11.9 Å². The highest BCUT2D eigenvalue weighted by Gasteiger charge is 2.76. The molecule has 360 valence electrons. The minimum Gasteiger partial charge on any atom is -0.458 e. The molecule has 3 aliphatic heterocycles. The summed E-state index contributed by atoms with van der Waals surface area (Å²) in [5.74, 6) is -2.08. The number of aliphatic hydroxyl groups excluding tert-OH is 2. The Balaban J connectivity index is 0.997. The second kappa shape index (κ2) is 19.0. The highest BCUT2D eigenvalue weighted by Crippen LogP contribution is 2.70. The maximum atomic E-state index is 13.1. The second-order valence-electron chi connectivity index (χ2n) is 20.1. The molecule has 7 fully saturated rings. The summed E-state index contributed by atoms with van der Waals surface area (Å²) >= 11 is 0. The molecule has 3 saturated heterocycles. The van der Waals surface area contributed by atoms with E-state index in [0.717, 1.165) is 19.3 Å². The van der Waals surface area contributed by atoms with Gasteiger partial charge in [0.15, 0.2) is 18.9 Å². The minimum atomic E-state index is -1.29. The molecule has 4 aliphatic carbocycles. The van der Waals surface area contributed by atoms with Crippen LogP contribution in [0.1, 0.15) is 113 Å². The van der Waals surface area contributed by atoms with Crippen LogP contribution >= 0.6 is 0 Å². The lowest BCUT2D eigenvalue weighted by atomic mass is 9.41. The van der Waals surface area contributed by atoms with E-state index in [-0.39, 0.29) is 41.2 Å². The van der Waals surface area contributed by atoms with Crippen LogP contribution in [0.25, 0.3) is 0 Å². The van der Waals surface area contributed by atoms with Gasteiger partial charge in [-0.05, 0) is 89.9 Å². The van der Waals surface area contributed by atoms with Crippen LogP contribution in [0, 0.1) is 34.5 Å². The molecule has 17 nitrogen and oxygen atoms in total. The summed E-state index contributed by atoms with van der Waals surface area (Å²) in [4.78, 5) is 38.7. The van der Waals surface area contributed by atoms with Crippen molar-refractivity contribution in [2.75, 3.05) is 21.3 Å². The quantitative estimate of drug-likeness (QED) is 0.189. The third-order valence-electron chi connectivity index (χ3n) is 16.8. The molecule has 17 heteroatoms. The van der Waals surface area contributed by atoms with Crippen LogP contribution in [-0.4, -0.2) is 158 Å². The molecule has 0 amide bonds. The zero-order valence-electron chi connectivity index (χ0n) is 39.0. The Morgan fingerprint density at radius 2 is 1.24 bits per heavy atom. The number of ether oxygens (including phenoxy) is 11. The lowest BCUT2D eigenvalue weighted by molar-refractivity contribution is -0.352. The van der Waals surface area contributed by atoms with Crippen molar-refractivity contribution >= 4 is 17.7 Å². The summed E-state index contributed by atoms with van der Waals surface area (Å²) in [6.07, 6.45) is -5.71. The Bertz CT molecular complexity index is 1630. The summed E-state index contributed by atoms with van der Waals surface area (Å²) in [6, 6.07) is 0. The lowest BCUT2D eigenvalue weighted by Crippen LogP contribution is -2.73. The lowest BCUT2D eigenvalue weighted by Gasteiger charge is -2.66. The standard InChI is InChI=1S/C46H74O17/c1-21(47)29-15-17-46(52)30-13-12-27-18-28(14-16-44(27,7)35(30)40(59-25(5)48)42(45(29,46)8)60-26(6)49)61-33-19-31(53-9)38(23(3)56-33)62-34-20-32(54-10)39(24(4)57-34)63-43-37(51)41(55-11)36(50)22(2)58-43/h22-24,27-43,50-52H,12-20H2,1-11H3. The number of carbonyl (C=O) groups is 3. The average molecular weight is 899 g/mol. The van der Waals surface area contributed by atoms with Gasteiger partial charge in [0, 0.05) is 65.3 Å². The number of hydrogen-bond acceptors (Lipinski definition) is 17. The maximum absolute atomic E-state index is 13.1. The monoisotopic (exact) mass is 898 g/mol. The summed E-state index contributed by atoms with van der Waals surface area (Å²) < 4.78 is 67.7. The van der Waals surface area contributed by atoms with Crippen LogP contribution in [0.2, 0.25) is 0 Å². The average Bonchev–Trinajstić information content (AvgIpc) is 3.51. The van der Waals surface area contributed by atoms with E-state index in [0.29, 0.717) is 38.5 Å². The van der Waals surface area contributed by atoms with Gasteiger partial charge in [-0.2, -0.15) is 0 Å². The van der Waals surface area contributed by atoms with E-state index in [1.807, 2.05) is 20.8 Å². The number of rotatable bonds is 12. The van der Waals surface area contributed by atoms with Gasteiger partial charge in [-0.15, -0.1) is 0 Å². The van der Waals surface area contributed by atoms with Crippen molar-refractivity contribution in [3.05, 3.63) is 0 Å². The van der Waals surface area contributed by atoms with Gasteiger partial charge in [0.2, 0.25) is 0 Å². The van der Waals surface area contributed by atoms with Crippen molar-refractivity contribution in [3.63, 3.8) is 0 Å². The van der Waals surface area contributed by atoms with Crippen molar-refractivity contribution in [1.29, 1.82) is 0 Å². The fourth-order valence-electron chi connectivity index (χ4n) is 13.6. The fraction of sp³-hybridized carbons (Fsp3) is 0.935. The molecule has 63 heavy (non-hydrogen) atoms. The number of fused-ring (bicyclic) bond motifs is 5. The molecule has 0 aromatic carbocycles. The van der Waals surface area contributed by atoms with Crippen molar-refractivity contribution < 1.29 is 81.8 Å². The molecule has 0 aromatic heterocycles. The van der Waals surface area contributed by atoms with Crippen molar-refractivity contribution in [1.82, 2.24) is 0 Å². The third-order valence-corrected chi connectivity index (χ3v) is 16.8. The van der Waals surface area contributed by atoms with Crippen molar-refractivity contribution in [2.45, 2.75) is 217 Å². The van der Waals surface area contributed by atoms with Gasteiger partial charge in [0.25, 0.3) is 0 Å². The third kappa shape index (κ3) is 8.78. The SMILES string of the molecule is COC1CC(OC2CCC3(C)C(CCC4C3C(OC(C)=O)C(OC(C)=O)C3(C)C(C(C)=O)CCC43O)C2)OC(C)C1OC1CC(OC)C(OC2OC(C)C(O)C(OC)C2O)C(C)O1. The van der Waals surface area contributed by atoms with Gasteiger partial charge in [0.05, 0.1) is 42.2 Å². The van der Waals surface area contributed by atoms with E-state index >= 15 is 0 Å². The number of methoxy groups -OCH3 is 3. The predicted molar refractivity (Wildman–Crippen MR) is 220 cm³/mol. The highest BCUT2D eigenvalue weighted by molar-refractivity contribution is 5.80. The summed E-state index contributed by atoms with van der Waals surface area (Å²) in [5, 5.41) is 34.2. The largest absolute Gasteiger partial charge is 0.458 e. The Kier molecular flexibility index (Phi) is 14.8. The van der Waals surface area contributed by atoms with Crippen molar-refractivity contribution in [3.8, 4) is 0 Å². The first-order valence-corrected chi connectivity index (χ1v) is 23.2. The Morgan fingerprint density at radius 3 is 1.81 bits per heavy atom. The number of aliphatic hydroxyl groups is 3. The topological polar surface area (TPSA) is 213 Å². The maximum Gasteiger partial charge on any atom is 0.303 e. The second-order valence-corrected chi connectivity index (χ2v) is 20.1. The van der Waals surface area contributed by atoms with Gasteiger partial charge in [-0.1, -0.05) is 13.8 Å². The van der Waals surface area contributed by atoms with E-state index in [4.69, 9.17) is 52.1 Å². The molecule has 7 aliphatic rings. The number of hydrogen-bond donors (Lipinski definition) is 3. The van der Waals surface area contributed by atoms with Gasteiger partial charge < -0.3 is 67.4 Å². The minimum absolute atomic E-state index is 0.0706. The molecule has 23 unspecified atom stereocenters. The van der Waals surface area contributed by atoms with Crippen LogP contribution in [0.15, 0.2) is 0 Å². The van der Waals surface area contributed by atoms with Crippen LogP contribution in [0.5, 0.6) is 0 Å². The number of Topliss-reactive ketones (excluding diaryl/α,β-unsaturated/α-hetero) is 1. The zero-order valence-corrected chi connectivity index (χ0v) is 39.0. The van der Waals surface area contributed by atoms with Gasteiger partial charge in [-0.25, -0.2) is 0 Å². The van der Waals surface area contributed by atoms with Gasteiger partial charge in [-0.3, -0.25) is 14.4 Å². The first-order valence-electron chi connectivity index (χ1n) is 23.2. The molecule has 4 saturated carbocycles. The van der Waals surface area contributed by atoms with E-state index < -0.39 is 115 Å². The van der Waals surface area contributed by atoms with E-state index in [2.05, 4.69) is 6.92 Å². The zero-order chi connectivity index (χ0) is 45.9. The normalized spacial score (nSPS) is 51.0. The molecule has 0 aromatic rings. The first kappa shape index (κ1) is 49.0. The smallest absolute Gasteiger partial charge is 0.303 e. The summed E-state index contributed by atoms with van der Waals surface area (Å²) in [6.45, 7) is 13.8. The molecular weight excluding hydrogens is 824 g/mol. The Labute approximate surface area is 371 Å². The van der Waals surface area contributed by atoms with Crippen LogP contribution < -0.4 is 0 Å². The van der Waals surface area contributed by atoms with E-state index in [1.165, 1.54) is 27.9 Å². The van der Waals surface area contributed by atoms with Gasteiger partial charge in [0.1, 0.15) is 48.5 Å². The first-order chi connectivity index (χ1) is 29.7. The van der Waals surface area contributed by atoms with Crippen molar-refractivity contribution in [2.24, 2.45) is 34.5 Å². The predicted octanol–water partition coefficient (Wildman–Crippen LogP) is 3.37. The number of ketones is 1. The van der Waals surface area contributed by atoms with E-state index in [1.54, 1.807) is 21.1 Å². The Hall–Kier alpha value is -1.87. The molecule has 7 rings (SSSR count). The highest BCUT2D eigenvalue weighted by atomic mass is 16.8. The fourth-order valence-corrected chi connectivity index (χ4v) is 13.6. The van der Waals surface area contributed by atoms with Crippen LogP contribution in [-0.2, 0) is 66.5 Å². The summed E-state index contributed by atoms with van der Waals surface area (Å²) in [7, 11) is 4.64. The molecule has 23 atom stereocenters. The summed E-state index contributed by atoms with van der Waals surface area (Å²) in [5.41, 5.74) is -2.81. The molecule has 3 N–H and O–H groups in total. The molecule has 3 heterocycles. The van der Waals surface area contributed by atoms with Crippen LogP contribution in [0.3, 0.4) is 0 Å². The molecule has 0 bridgehead atoms. The number of esters is 2. The van der Waals surface area contributed by atoms with Crippen LogP contribution in [0.4, 0.5) is 0 Å².